The van der Waals surface area contributed by atoms with E-state index in [4.69, 9.17) is 34.8 Å². The van der Waals surface area contributed by atoms with Gasteiger partial charge in [0.15, 0.2) is 5.82 Å². The monoisotopic (exact) mass is 344 g/mol. The summed E-state index contributed by atoms with van der Waals surface area (Å²) in [5.74, 6) is -0.642. The van der Waals surface area contributed by atoms with Crippen molar-refractivity contribution in [1.82, 2.24) is 15.3 Å². The standard InChI is InChI=1S/C12H7Cl3N4O2/c13-6-2-1-3-7(14)10(6)11(20)19-12(21)18-9-5-16-4-8(15)17-9/h1-5H,(H2,17,18,19,20,21). The topological polar surface area (TPSA) is 84.0 Å². The molecule has 0 atom stereocenters. The van der Waals surface area contributed by atoms with Gasteiger partial charge in [-0.25, -0.2) is 9.78 Å². The van der Waals surface area contributed by atoms with Gasteiger partial charge in [0.05, 0.1) is 28.0 Å². The Morgan fingerprint density at radius 3 is 2.33 bits per heavy atom. The quantitative estimate of drug-likeness (QED) is 0.873. The Kier molecular flexibility index (Phi) is 4.95. The van der Waals surface area contributed by atoms with Gasteiger partial charge < -0.3 is 0 Å². The summed E-state index contributed by atoms with van der Waals surface area (Å²) in [7, 11) is 0. The summed E-state index contributed by atoms with van der Waals surface area (Å²) < 4.78 is 0. The van der Waals surface area contributed by atoms with E-state index >= 15 is 0 Å². The number of anilines is 1. The van der Waals surface area contributed by atoms with E-state index in [1.165, 1.54) is 24.5 Å². The zero-order valence-electron chi connectivity index (χ0n) is 10.2. The first-order valence-corrected chi connectivity index (χ1v) is 6.64. The molecule has 2 N–H and O–H groups in total. The van der Waals surface area contributed by atoms with E-state index in [0.717, 1.165) is 0 Å². The summed E-state index contributed by atoms with van der Waals surface area (Å²) in [6, 6.07) is 3.75. The first kappa shape index (κ1) is 15.5. The number of imide groups is 1. The summed E-state index contributed by atoms with van der Waals surface area (Å²) in [4.78, 5) is 31.2. The van der Waals surface area contributed by atoms with Gasteiger partial charge in [-0.1, -0.05) is 40.9 Å². The molecule has 0 bridgehead atoms. The zero-order valence-corrected chi connectivity index (χ0v) is 12.5. The average Bonchev–Trinajstić information content (AvgIpc) is 2.38. The molecule has 0 aliphatic heterocycles. The molecule has 6 nitrogen and oxygen atoms in total. The number of hydrogen-bond donors (Lipinski definition) is 2. The fourth-order valence-corrected chi connectivity index (χ4v) is 2.15. The van der Waals surface area contributed by atoms with Crippen LogP contribution in [-0.2, 0) is 0 Å². The van der Waals surface area contributed by atoms with Crippen molar-refractivity contribution in [3.05, 3.63) is 51.4 Å². The van der Waals surface area contributed by atoms with E-state index in [2.05, 4.69) is 20.6 Å². The van der Waals surface area contributed by atoms with E-state index in [1.807, 2.05) is 0 Å². The highest BCUT2D eigenvalue weighted by molar-refractivity contribution is 6.40. The molecule has 108 valence electrons. The van der Waals surface area contributed by atoms with Gasteiger partial charge in [0.2, 0.25) is 0 Å². The Morgan fingerprint density at radius 2 is 1.71 bits per heavy atom. The van der Waals surface area contributed by atoms with E-state index in [1.54, 1.807) is 6.07 Å². The number of hydrogen-bond acceptors (Lipinski definition) is 4. The maximum absolute atomic E-state index is 12.0. The number of nitrogens with zero attached hydrogens (tertiary/aromatic N) is 2. The third-order valence-corrected chi connectivity index (χ3v) is 3.08. The van der Waals surface area contributed by atoms with Crippen LogP contribution < -0.4 is 10.6 Å². The van der Waals surface area contributed by atoms with Crippen LogP contribution in [0, 0.1) is 0 Å². The molecular formula is C12H7Cl3N4O2. The van der Waals surface area contributed by atoms with Crippen molar-refractivity contribution in [1.29, 1.82) is 0 Å². The number of aromatic nitrogens is 2. The van der Waals surface area contributed by atoms with Gasteiger partial charge in [0, 0.05) is 0 Å². The lowest BCUT2D eigenvalue weighted by atomic mass is 10.2. The van der Waals surface area contributed by atoms with Gasteiger partial charge in [-0.2, -0.15) is 0 Å². The molecule has 0 radical (unpaired) electrons. The number of urea groups is 1. The second-order valence-corrected chi connectivity index (χ2v) is 4.93. The Morgan fingerprint density at radius 1 is 1.05 bits per heavy atom. The molecule has 0 aliphatic carbocycles. The van der Waals surface area contributed by atoms with Gasteiger partial charge in [-0.3, -0.25) is 20.4 Å². The SMILES string of the molecule is O=C(NC(=O)c1c(Cl)cccc1Cl)Nc1cncc(Cl)n1. The Balaban J connectivity index is 2.08. The fourth-order valence-electron chi connectivity index (χ4n) is 1.43. The Hall–Kier alpha value is -1.89. The van der Waals surface area contributed by atoms with Crippen molar-refractivity contribution in [3.8, 4) is 0 Å². The summed E-state index contributed by atoms with van der Waals surface area (Å²) in [6.07, 6.45) is 2.58. The predicted molar refractivity (Wildman–Crippen MR) is 80.0 cm³/mol. The molecule has 0 saturated carbocycles. The molecule has 0 fully saturated rings. The third-order valence-electron chi connectivity index (χ3n) is 2.26. The van der Waals surface area contributed by atoms with Crippen molar-refractivity contribution in [2.75, 3.05) is 5.32 Å². The lowest BCUT2D eigenvalue weighted by Gasteiger charge is -2.08. The van der Waals surface area contributed by atoms with E-state index in [-0.39, 0.29) is 26.6 Å². The van der Waals surface area contributed by atoms with E-state index in [0.29, 0.717) is 0 Å². The number of halogens is 3. The van der Waals surface area contributed by atoms with Crippen LogP contribution in [0.15, 0.2) is 30.6 Å². The van der Waals surface area contributed by atoms with E-state index < -0.39 is 11.9 Å². The molecule has 3 amide bonds. The largest absolute Gasteiger partial charge is 0.327 e. The molecule has 2 rings (SSSR count). The predicted octanol–water partition coefficient (Wildman–Crippen LogP) is 3.40. The Labute approximate surface area is 134 Å². The van der Waals surface area contributed by atoms with Crippen LogP contribution in [0.3, 0.4) is 0 Å². The molecular weight excluding hydrogens is 339 g/mol. The maximum atomic E-state index is 12.0. The molecule has 1 heterocycles. The van der Waals surface area contributed by atoms with Crippen molar-refractivity contribution >= 4 is 52.6 Å². The van der Waals surface area contributed by atoms with Crippen LogP contribution in [-0.4, -0.2) is 21.9 Å². The number of amides is 3. The van der Waals surface area contributed by atoms with Crippen LogP contribution >= 0.6 is 34.8 Å². The van der Waals surface area contributed by atoms with Gasteiger partial charge in [-0.15, -0.1) is 0 Å². The summed E-state index contributed by atoms with van der Waals surface area (Å²) in [5.41, 5.74) is 0.00756. The Bertz CT molecular complexity index is 688. The number of carbonyl (C=O) groups excluding carboxylic acids is 2. The van der Waals surface area contributed by atoms with Crippen molar-refractivity contribution < 1.29 is 9.59 Å². The van der Waals surface area contributed by atoms with Crippen molar-refractivity contribution in [2.24, 2.45) is 0 Å². The van der Waals surface area contributed by atoms with Crippen molar-refractivity contribution in [3.63, 3.8) is 0 Å². The summed E-state index contributed by atoms with van der Waals surface area (Å²) in [6.45, 7) is 0. The van der Waals surface area contributed by atoms with Crippen LogP contribution in [0.25, 0.3) is 0 Å². The molecule has 1 aromatic heterocycles. The number of nitrogens with one attached hydrogen (secondary N) is 2. The minimum absolute atomic E-state index is 0.00756. The molecule has 9 heteroatoms. The highest BCUT2D eigenvalue weighted by Crippen LogP contribution is 2.23. The fraction of sp³-hybridized carbons (Fsp3) is 0. The smallest absolute Gasteiger partial charge is 0.291 e. The van der Waals surface area contributed by atoms with Crippen LogP contribution in [0.4, 0.5) is 10.6 Å². The second kappa shape index (κ2) is 6.71. The van der Waals surface area contributed by atoms with Gasteiger partial charge in [0.1, 0.15) is 5.15 Å². The minimum Gasteiger partial charge on any atom is -0.291 e. The maximum Gasteiger partial charge on any atom is 0.327 e. The highest BCUT2D eigenvalue weighted by Gasteiger charge is 2.17. The van der Waals surface area contributed by atoms with E-state index in [9.17, 15) is 9.59 Å². The summed E-state index contributed by atoms with van der Waals surface area (Å²) in [5, 5.41) is 4.76. The molecule has 0 spiro atoms. The lowest BCUT2D eigenvalue weighted by molar-refractivity contribution is 0.0967. The van der Waals surface area contributed by atoms with Gasteiger partial charge in [-0.05, 0) is 12.1 Å². The van der Waals surface area contributed by atoms with Crippen LogP contribution in [0.1, 0.15) is 10.4 Å². The molecule has 1 aromatic carbocycles. The van der Waals surface area contributed by atoms with Crippen LogP contribution in [0.2, 0.25) is 15.2 Å². The highest BCUT2D eigenvalue weighted by atomic mass is 35.5. The number of benzene rings is 1. The summed E-state index contributed by atoms with van der Waals surface area (Å²) >= 11 is 17.4. The number of carbonyl (C=O) groups is 2. The first-order valence-electron chi connectivity index (χ1n) is 5.51. The first-order chi connectivity index (χ1) is 9.97. The van der Waals surface area contributed by atoms with Gasteiger partial charge in [0.25, 0.3) is 5.91 Å². The minimum atomic E-state index is -0.812. The average molecular weight is 346 g/mol. The zero-order chi connectivity index (χ0) is 15.4. The molecule has 21 heavy (non-hydrogen) atoms. The lowest BCUT2D eigenvalue weighted by Crippen LogP contribution is -2.35. The molecule has 0 aliphatic rings. The third kappa shape index (κ3) is 4.04. The molecule has 0 saturated heterocycles. The normalized spacial score (nSPS) is 10.0. The molecule has 0 unspecified atom stereocenters. The van der Waals surface area contributed by atoms with Crippen LogP contribution in [0.5, 0.6) is 0 Å². The van der Waals surface area contributed by atoms with Gasteiger partial charge >= 0.3 is 6.03 Å². The molecule has 2 aromatic rings. The second-order valence-electron chi connectivity index (χ2n) is 3.73. The number of rotatable bonds is 2. The van der Waals surface area contributed by atoms with Crippen molar-refractivity contribution in [2.45, 2.75) is 0 Å².